The summed E-state index contributed by atoms with van der Waals surface area (Å²) in [5.74, 6) is 0. The Morgan fingerprint density at radius 2 is 1.49 bits per heavy atom. The third kappa shape index (κ3) is 4.17. The molecule has 10 rings (SSSR count). The second-order valence-corrected chi connectivity index (χ2v) is 11.5. The average Bonchev–Trinajstić information content (AvgIpc) is 3.67. The van der Waals surface area contributed by atoms with Crippen molar-refractivity contribution in [3.63, 3.8) is 0 Å². The summed E-state index contributed by atoms with van der Waals surface area (Å²) in [7, 11) is 4.06. The van der Waals surface area contributed by atoms with E-state index in [1.807, 2.05) is 43.1 Å². The zero-order valence-corrected chi connectivity index (χ0v) is 27.1. The summed E-state index contributed by atoms with van der Waals surface area (Å²) in [5.41, 5.74) is 5.89. The van der Waals surface area contributed by atoms with Gasteiger partial charge in [-0.05, 0) is 64.2 Å². The van der Waals surface area contributed by atoms with Crippen molar-refractivity contribution in [1.82, 2.24) is 14.5 Å². The van der Waals surface area contributed by atoms with Gasteiger partial charge >= 0.3 is 20.1 Å². The molecule has 5 nitrogen and oxygen atoms in total. The van der Waals surface area contributed by atoms with Crippen molar-refractivity contribution in [3.05, 3.63) is 146 Å². The first-order valence-electron chi connectivity index (χ1n) is 14.8. The molecule has 0 aliphatic carbocycles. The minimum absolute atomic E-state index is 0. The van der Waals surface area contributed by atoms with E-state index in [2.05, 4.69) is 131 Å². The van der Waals surface area contributed by atoms with Gasteiger partial charge in [0, 0.05) is 17.3 Å². The van der Waals surface area contributed by atoms with Gasteiger partial charge in [-0.1, -0.05) is 103 Å². The predicted octanol–water partition coefficient (Wildman–Crippen LogP) is 7.74. The van der Waals surface area contributed by atoms with Gasteiger partial charge in [0.15, 0.2) is 0 Å². The van der Waals surface area contributed by atoms with Gasteiger partial charge in [0.1, 0.15) is 11.9 Å². The predicted molar refractivity (Wildman–Crippen MR) is 179 cm³/mol. The first kappa shape index (κ1) is 27.5. The van der Waals surface area contributed by atoms with Crippen LogP contribution in [0.2, 0.25) is 0 Å². The SMILES string of the molecule is CN1C=C2c3ccccc3-c3ccc[c-][n+]3N2[CH-]1.Cn1[c-]c2c(c1)c1ccc3ccc4ccccc4c3c1c1cccnc21.[Ir+3]. The molecule has 0 spiro atoms. The molecule has 0 amide bonds. The maximum atomic E-state index is 4.72. The van der Waals surface area contributed by atoms with Crippen molar-refractivity contribution in [1.29, 1.82) is 0 Å². The van der Waals surface area contributed by atoms with Gasteiger partial charge in [-0.3, -0.25) is 5.01 Å². The van der Waals surface area contributed by atoms with E-state index in [-0.39, 0.29) is 20.1 Å². The molecule has 0 saturated heterocycles. The van der Waals surface area contributed by atoms with Crippen molar-refractivity contribution in [3.8, 4) is 11.3 Å². The third-order valence-corrected chi connectivity index (χ3v) is 8.73. The zero-order chi connectivity index (χ0) is 29.4. The van der Waals surface area contributed by atoms with Crippen LogP contribution in [0, 0.1) is 19.1 Å². The Hall–Kier alpha value is -5.03. The Morgan fingerprint density at radius 3 is 2.40 bits per heavy atom. The molecule has 0 fully saturated rings. The summed E-state index contributed by atoms with van der Waals surface area (Å²) in [4.78, 5) is 6.78. The second-order valence-electron chi connectivity index (χ2n) is 11.5. The Bertz CT molecular complexity index is 2480. The quantitative estimate of drug-likeness (QED) is 0.0901. The first-order valence-corrected chi connectivity index (χ1v) is 14.8. The molecule has 0 atom stereocenters. The fraction of sp³-hybridized carbons (Fsp3) is 0.0513. The molecule has 0 N–H and O–H groups in total. The normalized spacial score (nSPS) is 13.3. The molecule has 5 aromatic carbocycles. The van der Waals surface area contributed by atoms with E-state index in [0.717, 1.165) is 16.6 Å². The van der Waals surface area contributed by atoms with Gasteiger partial charge in [-0.2, -0.15) is 6.07 Å². The van der Waals surface area contributed by atoms with E-state index in [1.165, 1.54) is 59.9 Å². The molecule has 3 aromatic heterocycles. The van der Waals surface area contributed by atoms with Crippen molar-refractivity contribution in [2.75, 3.05) is 12.1 Å². The molecule has 0 radical (unpaired) electrons. The minimum Gasteiger partial charge on any atom is -0.504 e. The van der Waals surface area contributed by atoms with E-state index in [0.29, 0.717) is 0 Å². The van der Waals surface area contributed by atoms with Crippen LogP contribution in [-0.2, 0) is 27.2 Å². The molecule has 216 valence electrons. The average molecular weight is 758 g/mol. The standard InChI is InChI=1S/C24H15N2.C15H12N3.Ir/c1-26-13-20-18-11-10-16-9-8-15-5-2-3-6-17(15)22(16)23(18)19-7-4-12-25-24(19)21(20)14-26;1-16-10-15-13-7-3-2-6-12(13)14-8-4-5-9-17(14)18(15)11-16;/h2-13H,1H3;2-8,10-11H,1H3;/q2*-1;+3. The maximum Gasteiger partial charge on any atom is 3.00 e. The Kier molecular flexibility index (Phi) is 6.45. The summed E-state index contributed by atoms with van der Waals surface area (Å²) in [6.45, 7) is 2.06. The maximum absolute atomic E-state index is 4.72. The van der Waals surface area contributed by atoms with Crippen LogP contribution in [0.1, 0.15) is 5.56 Å². The van der Waals surface area contributed by atoms with Crippen molar-refractivity contribution in [2.24, 2.45) is 7.05 Å². The van der Waals surface area contributed by atoms with Crippen LogP contribution in [0.4, 0.5) is 0 Å². The van der Waals surface area contributed by atoms with Gasteiger partial charge in [-0.15, -0.1) is 23.0 Å². The number of pyridine rings is 2. The Morgan fingerprint density at radius 1 is 0.711 bits per heavy atom. The topological polar surface area (TPSA) is 28.2 Å². The summed E-state index contributed by atoms with van der Waals surface area (Å²) < 4.78 is 4.06. The molecule has 8 aromatic rings. The monoisotopic (exact) mass is 758 g/mol. The van der Waals surface area contributed by atoms with Gasteiger partial charge in [0.05, 0.1) is 5.70 Å². The molecule has 2 aliphatic heterocycles. The summed E-state index contributed by atoms with van der Waals surface area (Å²) >= 11 is 0. The molecular weight excluding hydrogens is 731 g/mol. The Labute approximate surface area is 274 Å². The number of rotatable bonds is 0. The largest absolute Gasteiger partial charge is 3.00 e. The number of hydrogen-bond acceptors (Lipinski definition) is 3. The minimum atomic E-state index is 0. The molecule has 0 unspecified atom stereocenters. The Balaban J connectivity index is 0.000000139. The van der Waals surface area contributed by atoms with E-state index in [1.54, 1.807) is 0 Å². The number of benzene rings is 5. The number of fused-ring (bicyclic) bond motifs is 16. The van der Waals surface area contributed by atoms with Gasteiger partial charge < -0.3 is 14.5 Å². The van der Waals surface area contributed by atoms with E-state index >= 15 is 0 Å². The van der Waals surface area contributed by atoms with Crippen LogP contribution in [0.25, 0.3) is 70.9 Å². The van der Waals surface area contributed by atoms with E-state index in [4.69, 9.17) is 4.98 Å². The molecule has 45 heavy (non-hydrogen) atoms. The van der Waals surface area contributed by atoms with E-state index in [9.17, 15) is 0 Å². The number of aryl methyl sites for hydroxylation is 1. The molecular formula is C39H27IrN5+. The smallest absolute Gasteiger partial charge is 0.504 e. The van der Waals surface area contributed by atoms with Crippen molar-refractivity contribution < 1.29 is 24.8 Å². The van der Waals surface area contributed by atoms with Crippen LogP contribution in [0.3, 0.4) is 0 Å². The van der Waals surface area contributed by atoms with Crippen LogP contribution >= 0.6 is 0 Å². The van der Waals surface area contributed by atoms with Gasteiger partial charge in [0.25, 0.3) is 0 Å². The van der Waals surface area contributed by atoms with Crippen LogP contribution in [0.15, 0.2) is 122 Å². The molecule has 6 heteroatoms. The summed E-state index contributed by atoms with van der Waals surface area (Å²) in [6, 6.07) is 36.3. The van der Waals surface area contributed by atoms with Crippen LogP contribution in [-0.4, -0.2) is 21.5 Å². The zero-order valence-electron chi connectivity index (χ0n) is 24.7. The molecule has 0 bridgehead atoms. The fourth-order valence-electron chi connectivity index (χ4n) is 6.90. The van der Waals surface area contributed by atoms with Crippen LogP contribution in [0.5, 0.6) is 0 Å². The third-order valence-electron chi connectivity index (χ3n) is 8.73. The number of aromatic nitrogens is 3. The summed E-state index contributed by atoms with van der Waals surface area (Å²) in [6.07, 6.45) is 12.9. The molecule has 0 saturated carbocycles. The first-order chi connectivity index (χ1) is 21.7. The van der Waals surface area contributed by atoms with Gasteiger partial charge in [-0.25, -0.2) is 4.68 Å². The number of nitrogens with zero attached hydrogens (tertiary/aromatic N) is 5. The second kappa shape index (κ2) is 10.6. The molecule has 2 aliphatic rings. The fourth-order valence-corrected chi connectivity index (χ4v) is 6.90. The number of hydrogen-bond donors (Lipinski definition) is 0. The van der Waals surface area contributed by atoms with Crippen LogP contribution < -0.4 is 9.69 Å². The summed E-state index contributed by atoms with van der Waals surface area (Å²) in [5, 5.41) is 13.3. The van der Waals surface area contributed by atoms with Crippen molar-refractivity contribution in [2.45, 2.75) is 0 Å². The molecule has 5 heterocycles. The van der Waals surface area contributed by atoms with Gasteiger partial charge in [0.2, 0.25) is 0 Å². The van der Waals surface area contributed by atoms with E-state index < -0.39 is 0 Å². The van der Waals surface area contributed by atoms with Crippen molar-refractivity contribution >= 4 is 59.7 Å².